The van der Waals surface area contributed by atoms with Crippen LogP contribution in [0.5, 0.6) is 0 Å². The van der Waals surface area contributed by atoms with Crippen LogP contribution in [0.3, 0.4) is 0 Å². The Morgan fingerprint density at radius 1 is 1.53 bits per heavy atom. The van der Waals surface area contributed by atoms with Gasteiger partial charge in [0.05, 0.1) is 4.90 Å². The molecule has 0 bridgehead atoms. The van der Waals surface area contributed by atoms with E-state index in [1.54, 1.807) is 23.9 Å². The molecule has 0 radical (unpaired) electrons. The van der Waals surface area contributed by atoms with Crippen LogP contribution >= 0.6 is 24.0 Å². The maximum absolute atomic E-state index is 11.9. The van der Waals surface area contributed by atoms with Gasteiger partial charge in [-0.2, -0.15) is 11.8 Å². The van der Waals surface area contributed by atoms with Crippen molar-refractivity contribution in [2.75, 3.05) is 18.6 Å². The highest BCUT2D eigenvalue weighted by molar-refractivity contribution is 7.98. The summed E-state index contributed by atoms with van der Waals surface area (Å²) in [4.78, 5) is 0.370. The lowest BCUT2D eigenvalue weighted by Crippen LogP contribution is -2.26. The maximum atomic E-state index is 11.9. The molecule has 0 aromatic heterocycles. The first-order chi connectivity index (χ1) is 7.97. The van der Waals surface area contributed by atoms with Crippen molar-refractivity contribution in [3.63, 3.8) is 0 Å². The Balaban J connectivity index is 2.91. The van der Waals surface area contributed by atoms with Gasteiger partial charge in [0.2, 0.25) is 10.0 Å². The Morgan fingerprint density at radius 3 is 2.82 bits per heavy atom. The van der Waals surface area contributed by atoms with Crippen LogP contribution < -0.4 is 10.5 Å². The molecular weight excluding hydrogens is 276 g/mol. The number of hydrogen-bond donors (Lipinski definition) is 2. The molecule has 1 aromatic rings. The molecule has 0 fully saturated rings. The zero-order valence-corrected chi connectivity index (χ0v) is 11.8. The van der Waals surface area contributed by atoms with E-state index in [1.807, 2.05) is 6.26 Å². The highest BCUT2D eigenvalue weighted by Crippen LogP contribution is 2.11. The van der Waals surface area contributed by atoms with Gasteiger partial charge in [-0.05, 0) is 18.4 Å². The average molecular weight is 290 g/mol. The largest absolute Gasteiger partial charge is 0.389 e. The van der Waals surface area contributed by atoms with Crippen molar-refractivity contribution < 1.29 is 8.42 Å². The third-order valence-electron chi connectivity index (χ3n) is 2.03. The fourth-order valence-electron chi connectivity index (χ4n) is 1.18. The number of thioether (sulfide) groups is 1. The number of sulfonamides is 1. The molecule has 0 amide bonds. The van der Waals surface area contributed by atoms with E-state index >= 15 is 0 Å². The van der Waals surface area contributed by atoms with Crippen LogP contribution in [0.1, 0.15) is 5.56 Å². The van der Waals surface area contributed by atoms with Crippen molar-refractivity contribution in [3.05, 3.63) is 29.8 Å². The highest BCUT2D eigenvalue weighted by atomic mass is 32.2. The Bertz CT molecular complexity index is 500. The molecule has 1 aromatic carbocycles. The van der Waals surface area contributed by atoms with E-state index in [4.69, 9.17) is 18.0 Å². The second-order valence-corrected chi connectivity index (χ2v) is 6.48. The number of hydrogen-bond acceptors (Lipinski definition) is 4. The summed E-state index contributed by atoms with van der Waals surface area (Å²) in [6.07, 6.45) is 1.92. The van der Waals surface area contributed by atoms with Crippen LogP contribution in [0.15, 0.2) is 29.2 Å². The maximum Gasteiger partial charge on any atom is 0.240 e. The van der Waals surface area contributed by atoms with Crippen LogP contribution in [0.25, 0.3) is 0 Å². The number of nitrogens with two attached hydrogens (primary N) is 1. The Kier molecular flexibility index (Phi) is 5.38. The van der Waals surface area contributed by atoms with Crippen LogP contribution in [0, 0.1) is 0 Å². The zero-order chi connectivity index (χ0) is 12.9. The van der Waals surface area contributed by atoms with Gasteiger partial charge in [-0.25, -0.2) is 13.1 Å². The monoisotopic (exact) mass is 290 g/mol. The second kappa shape index (κ2) is 6.34. The lowest BCUT2D eigenvalue weighted by Gasteiger charge is -2.07. The van der Waals surface area contributed by atoms with Crippen LogP contribution in [0.4, 0.5) is 0 Å². The molecule has 0 heterocycles. The first-order valence-electron chi connectivity index (χ1n) is 4.86. The SMILES string of the molecule is CSCCNS(=O)(=O)c1cccc(C(N)=S)c1. The standard InChI is InChI=1S/C10H14N2O2S3/c1-16-6-5-12-17(13,14)9-4-2-3-8(7-9)10(11)15/h2-4,7,12H,5-6H2,1H3,(H2,11,15). The molecule has 17 heavy (non-hydrogen) atoms. The Labute approximate surface area is 111 Å². The first kappa shape index (κ1) is 14.4. The van der Waals surface area contributed by atoms with E-state index in [0.29, 0.717) is 12.1 Å². The molecule has 0 aliphatic rings. The number of rotatable bonds is 6. The minimum absolute atomic E-state index is 0.184. The molecule has 1 rings (SSSR count). The summed E-state index contributed by atoms with van der Waals surface area (Å²) in [6, 6.07) is 6.30. The third kappa shape index (κ3) is 4.27. The quantitative estimate of drug-likeness (QED) is 0.603. The average Bonchev–Trinajstić information content (AvgIpc) is 2.29. The lowest BCUT2D eigenvalue weighted by atomic mass is 10.2. The highest BCUT2D eigenvalue weighted by Gasteiger charge is 2.13. The molecule has 0 saturated carbocycles. The number of nitrogens with one attached hydrogen (secondary N) is 1. The number of thiocarbonyl (C=S) groups is 1. The fourth-order valence-corrected chi connectivity index (χ4v) is 2.82. The molecule has 94 valence electrons. The molecule has 0 aliphatic heterocycles. The lowest BCUT2D eigenvalue weighted by molar-refractivity contribution is 0.584. The fraction of sp³-hybridized carbons (Fsp3) is 0.300. The summed E-state index contributed by atoms with van der Waals surface area (Å²) in [5.41, 5.74) is 6.01. The van der Waals surface area contributed by atoms with Gasteiger partial charge in [-0.15, -0.1) is 0 Å². The summed E-state index contributed by atoms with van der Waals surface area (Å²) < 4.78 is 26.3. The summed E-state index contributed by atoms with van der Waals surface area (Å²) in [5.74, 6) is 0.730. The summed E-state index contributed by atoms with van der Waals surface area (Å²) in [7, 11) is -3.47. The van der Waals surface area contributed by atoms with E-state index < -0.39 is 10.0 Å². The summed E-state index contributed by atoms with van der Waals surface area (Å²) >= 11 is 6.39. The van der Waals surface area contributed by atoms with Gasteiger partial charge in [0.25, 0.3) is 0 Å². The van der Waals surface area contributed by atoms with Crippen molar-refractivity contribution >= 4 is 39.0 Å². The van der Waals surface area contributed by atoms with E-state index in [1.165, 1.54) is 12.1 Å². The van der Waals surface area contributed by atoms with Crippen molar-refractivity contribution in [3.8, 4) is 0 Å². The van der Waals surface area contributed by atoms with Gasteiger partial charge in [-0.3, -0.25) is 0 Å². The van der Waals surface area contributed by atoms with Gasteiger partial charge in [0, 0.05) is 17.9 Å². The molecule has 0 spiro atoms. The van der Waals surface area contributed by atoms with E-state index in [0.717, 1.165) is 5.75 Å². The van der Waals surface area contributed by atoms with Crippen molar-refractivity contribution in [1.82, 2.24) is 4.72 Å². The Morgan fingerprint density at radius 2 is 2.24 bits per heavy atom. The van der Waals surface area contributed by atoms with Crippen LogP contribution in [0.2, 0.25) is 0 Å². The van der Waals surface area contributed by atoms with E-state index in [-0.39, 0.29) is 9.88 Å². The summed E-state index contributed by atoms with van der Waals surface area (Å²) in [6.45, 7) is 0.404. The molecule has 0 aliphatic carbocycles. The molecule has 3 N–H and O–H groups in total. The predicted octanol–water partition coefficient (Wildman–Crippen LogP) is 0.962. The van der Waals surface area contributed by atoms with Gasteiger partial charge in [0.1, 0.15) is 4.99 Å². The van der Waals surface area contributed by atoms with Crippen molar-refractivity contribution in [1.29, 1.82) is 0 Å². The van der Waals surface area contributed by atoms with Crippen LogP contribution in [-0.2, 0) is 10.0 Å². The minimum Gasteiger partial charge on any atom is -0.389 e. The normalized spacial score (nSPS) is 11.4. The zero-order valence-electron chi connectivity index (χ0n) is 9.34. The topological polar surface area (TPSA) is 72.2 Å². The van der Waals surface area contributed by atoms with Gasteiger partial charge >= 0.3 is 0 Å². The van der Waals surface area contributed by atoms with Crippen LogP contribution in [-0.4, -0.2) is 32.0 Å². The van der Waals surface area contributed by atoms with Crippen molar-refractivity contribution in [2.45, 2.75) is 4.90 Å². The first-order valence-corrected chi connectivity index (χ1v) is 8.14. The third-order valence-corrected chi connectivity index (χ3v) is 4.33. The van der Waals surface area contributed by atoms with Gasteiger partial charge in [-0.1, -0.05) is 24.4 Å². The molecular formula is C10H14N2O2S3. The predicted molar refractivity (Wildman–Crippen MR) is 75.9 cm³/mol. The molecule has 0 saturated heterocycles. The molecule has 0 unspecified atom stereocenters. The number of benzene rings is 1. The minimum atomic E-state index is -3.47. The molecule has 0 atom stereocenters. The van der Waals surface area contributed by atoms with E-state index in [2.05, 4.69) is 4.72 Å². The Hall–Kier alpha value is -0.630. The van der Waals surface area contributed by atoms with Gasteiger partial charge in [0.15, 0.2) is 0 Å². The van der Waals surface area contributed by atoms with E-state index in [9.17, 15) is 8.42 Å². The van der Waals surface area contributed by atoms with Crippen molar-refractivity contribution in [2.24, 2.45) is 5.73 Å². The second-order valence-electron chi connectivity index (χ2n) is 3.28. The molecule has 4 nitrogen and oxygen atoms in total. The smallest absolute Gasteiger partial charge is 0.240 e. The summed E-state index contributed by atoms with van der Waals surface area (Å²) in [5, 5.41) is 0. The molecule has 7 heteroatoms. The van der Waals surface area contributed by atoms with Gasteiger partial charge < -0.3 is 5.73 Å².